The van der Waals surface area contributed by atoms with E-state index in [2.05, 4.69) is 10.4 Å². The molecule has 1 aromatic heterocycles. The Balaban J connectivity index is 1.82. The highest BCUT2D eigenvalue weighted by molar-refractivity contribution is 6.06. The first-order valence-corrected chi connectivity index (χ1v) is 8.87. The van der Waals surface area contributed by atoms with Gasteiger partial charge in [-0.1, -0.05) is 30.3 Å². The number of nitrogens with zero attached hydrogens (tertiary/aromatic N) is 2. The number of carbonyl (C=O) groups excluding carboxylic acids is 3. The molecule has 8 nitrogen and oxygen atoms in total. The van der Waals surface area contributed by atoms with Crippen LogP contribution in [-0.2, 0) is 16.6 Å². The molecule has 29 heavy (non-hydrogen) atoms. The number of ketones is 1. The third-order valence-electron chi connectivity index (χ3n) is 4.37. The molecule has 3 rings (SSSR count). The largest absolute Gasteiger partial charge is 0.448 e. The van der Waals surface area contributed by atoms with E-state index in [0.29, 0.717) is 22.0 Å². The molecule has 0 aliphatic rings. The molecule has 1 amide bonds. The molecule has 0 fully saturated rings. The maximum Gasteiger partial charge on any atom is 0.360 e. The lowest BCUT2D eigenvalue weighted by Crippen LogP contribution is -2.32. The quantitative estimate of drug-likeness (QED) is 0.527. The summed E-state index contributed by atoms with van der Waals surface area (Å²) in [6.45, 7) is 2.80. The number of aryl methyl sites for hydroxylation is 1. The van der Waals surface area contributed by atoms with E-state index in [-0.39, 0.29) is 17.0 Å². The maximum atomic E-state index is 12.6. The highest BCUT2D eigenvalue weighted by atomic mass is 16.5. The average Bonchev–Trinajstić information content (AvgIpc) is 2.70. The number of para-hydroxylation sites is 1. The minimum Gasteiger partial charge on any atom is -0.448 e. The van der Waals surface area contributed by atoms with Crippen molar-refractivity contribution in [3.63, 3.8) is 0 Å². The van der Waals surface area contributed by atoms with Crippen LogP contribution in [0.3, 0.4) is 0 Å². The fourth-order valence-corrected chi connectivity index (χ4v) is 2.85. The van der Waals surface area contributed by atoms with Crippen molar-refractivity contribution in [3.05, 3.63) is 70.1 Å². The van der Waals surface area contributed by atoms with Crippen LogP contribution in [0.5, 0.6) is 0 Å². The maximum absolute atomic E-state index is 12.6. The number of Topliss-reactive ketones (excluding diaryl/α,β-unsaturated/α-hetero) is 1. The lowest BCUT2D eigenvalue weighted by molar-refractivity contribution is -0.123. The molecule has 0 bridgehead atoms. The predicted octanol–water partition coefficient (Wildman–Crippen LogP) is 2.32. The number of esters is 1. The topological polar surface area (TPSA) is 107 Å². The van der Waals surface area contributed by atoms with Gasteiger partial charge in [-0.3, -0.25) is 14.4 Å². The van der Waals surface area contributed by atoms with Gasteiger partial charge in [0.25, 0.3) is 11.5 Å². The number of hydrogen-bond acceptors (Lipinski definition) is 6. The SMILES string of the molecule is CC(=O)c1ccccc1NC(=O)C(C)OC(=O)c1nn(C)c(=O)c2ccccc12. The van der Waals surface area contributed by atoms with Crippen molar-refractivity contribution in [1.29, 1.82) is 0 Å². The molecule has 0 aliphatic carbocycles. The van der Waals surface area contributed by atoms with E-state index in [0.717, 1.165) is 4.68 Å². The zero-order valence-corrected chi connectivity index (χ0v) is 16.1. The Kier molecular flexibility index (Phi) is 5.54. The van der Waals surface area contributed by atoms with Gasteiger partial charge in [0.15, 0.2) is 17.6 Å². The standard InChI is InChI=1S/C21H19N3O5/c1-12(25)14-8-6-7-11-17(14)22-19(26)13(2)29-21(28)18-15-9-4-5-10-16(15)20(27)24(3)23-18/h4-11,13H,1-3H3,(H,22,26). The average molecular weight is 393 g/mol. The first-order chi connectivity index (χ1) is 13.8. The van der Waals surface area contributed by atoms with Crippen LogP contribution in [-0.4, -0.2) is 33.5 Å². The van der Waals surface area contributed by atoms with Crippen LogP contribution in [0.15, 0.2) is 53.3 Å². The lowest BCUT2D eigenvalue weighted by atomic mass is 10.1. The van der Waals surface area contributed by atoms with Crippen molar-refractivity contribution in [2.24, 2.45) is 7.05 Å². The lowest BCUT2D eigenvalue weighted by Gasteiger charge is -2.15. The molecule has 0 radical (unpaired) electrons. The van der Waals surface area contributed by atoms with Crippen LogP contribution in [0.2, 0.25) is 0 Å². The van der Waals surface area contributed by atoms with Crippen molar-refractivity contribution in [3.8, 4) is 0 Å². The van der Waals surface area contributed by atoms with Gasteiger partial charge in [0.1, 0.15) is 0 Å². The number of nitrogens with one attached hydrogen (secondary N) is 1. The summed E-state index contributed by atoms with van der Waals surface area (Å²) >= 11 is 0. The van der Waals surface area contributed by atoms with Crippen molar-refractivity contribution >= 4 is 34.1 Å². The smallest absolute Gasteiger partial charge is 0.360 e. The molecule has 0 aliphatic heterocycles. The number of hydrogen-bond donors (Lipinski definition) is 1. The molecule has 1 N–H and O–H groups in total. The van der Waals surface area contributed by atoms with E-state index in [4.69, 9.17) is 4.74 Å². The third-order valence-corrected chi connectivity index (χ3v) is 4.37. The van der Waals surface area contributed by atoms with E-state index < -0.39 is 18.0 Å². The normalized spacial score (nSPS) is 11.7. The molecule has 0 saturated carbocycles. The summed E-state index contributed by atoms with van der Waals surface area (Å²) in [6, 6.07) is 13.1. The minimum atomic E-state index is -1.15. The molecule has 0 spiro atoms. The van der Waals surface area contributed by atoms with Gasteiger partial charge >= 0.3 is 5.97 Å². The fourth-order valence-electron chi connectivity index (χ4n) is 2.85. The van der Waals surface area contributed by atoms with E-state index in [1.807, 2.05) is 0 Å². The first kappa shape index (κ1) is 19.9. The van der Waals surface area contributed by atoms with Gasteiger partial charge in [-0.2, -0.15) is 5.10 Å². The Hall–Kier alpha value is -3.81. The molecular weight excluding hydrogens is 374 g/mol. The molecule has 8 heteroatoms. The highest BCUT2D eigenvalue weighted by Crippen LogP contribution is 2.17. The molecule has 1 atom stereocenters. The molecule has 148 valence electrons. The van der Waals surface area contributed by atoms with Crippen LogP contribution in [0, 0.1) is 0 Å². The van der Waals surface area contributed by atoms with E-state index in [1.165, 1.54) is 20.9 Å². The molecule has 1 heterocycles. The summed E-state index contributed by atoms with van der Waals surface area (Å²) in [5, 5.41) is 7.25. The number of aromatic nitrogens is 2. The monoisotopic (exact) mass is 393 g/mol. The van der Waals surface area contributed by atoms with Gasteiger partial charge < -0.3 is 10.1 Å². The molecule has 1 unspecified atom stereocenters. The number of benzene rings is 2. The van der Waals surface area contributed by atoms with Gasteiger partial charge in [0.2, 0.25) is 0 Å². The third kappa shape index (κ3) is 4.06. The van der Waals surface area contributed by atoms with Crippen LogP contribution in [0.1, 0.15) is 34.7 Å². The Morgan fingerprint density at radius 3 is 2.34 bits per heavy atom. The number of amides is 1. The van der Waals surface area contributed by atoms with E-state index >= 15 is 0 Å². The Morgan fingerprint density at radius 2 is 1.66 bits per heavy atom. The van der Waals surface area contributed by atoms with E-state index in [9.17, 15) is 19.2 Å². The Bertz CT molecular complexity index is 1180. The summed E-state index contributed by atoms with van der Waals surface area (Å²) in [5.74, 6) is -1.63. The van der Waals surface area contributed by atoms with Crippen LogP contribution in [0.4, 0.5) is 5.69 Å². The summed E-state index contributed by atoms with van der Waals surface area (Å²) in [5.41, 5.74) is 0.277. The summed E-state index contributed by atoms with van der Waals surface area (Å²) < 4.78 is 6.31. The summed E-state index contributed by atoms with van der Waals surface area (Å²) in [7, 11) is 1.43. The van der Waals surface area contributed by atoms with Crippen LogP contribution in [0.25, 0.3) is 10.8 Å². The van der Waals surface area contributed by atoms with E-state index in [1.54, 1.807) is 48.5 Å². The second kappa shape index (κ2) is 8.05. The number of fused-ring (bicyclic) bond motifs is 1. The van der Waals surface area contributed by atoms with Gasteiger partial charge in [0.05, 0.1) is 11.1 Å². The number of rotatable bonds is 5. The number of ether oxygens (including phenoxy) is 1. The number of carbonyl (C=O) groups is 3. The molecular formula is C21H19N3O5. The first-order valence-electron chi connectivity index (χ1n) is 8.87. The van der Waals surface area contributed by atoms with Gasteiger partial charge in [0, 0.05) is 18.0 Å². The second-order valence-corrected chi connectivity index (χ2v) is 6.46. The zero-order valence-electron chi connectivity index (χ0n) is 16.1. The Labute approximate surface area is 166 Å². The number of anilines is 1. The van der Waals surface area contributed by atoms with Crippen LogP contribution < -0.4 is 10.9 Å². The molecule has 0 saturated heterocycles. The van der Waals surface area contributed by atoms with Gasteiger partial charge in [-0.25, -0.2) is 9.48 Å². The van der Waals surface area contributed by atoms with Gasteiger partial charge in [-0.15, -0.1) is 0 Å². The van der Waals surface area contributed by atoms with Crippen molar-refractivity contribution < 1.29 is 19.1 Å². The fraction of sp³-hybridized carbons (Fsp3) is 0.190. The minimum absolute atomic E-state index is 0.0634. The van der Waals surface area contributed by atoms with Gasteiger partial charge in [-0.05, 0) is 32.0 Å². The second-order valence-electron chi connectivity index (χ2n) is 6.46. The Morgan fingerprint density at radius 1 is 1.03 bits per heavy atom. The molecule has 2 aromatic carbocycles. The predicted molar refractivity (Wildman–Crippen MR) is 107 cm³/mol. The summed E-state index contributed by atoms with van der Waals surface area (Å²) in [4.78, 5) is 49.0. The zero-order chi connectivity index (χ0) is 21.1. The van der Waals surface area contributed by atoms with Crippen molar-refractivity contribution in [1.82, 2.24) is 9.78 Å². The summed E-state index contributed by atoms with van der Waals surface area (Å²) in [6.07, 6.45) is -1.15. The van der Waals surface area contributed by atoms with Crippen molar-refractivity contribution in [2.45, 2.75) is 20.0 Å². The van der Waals surface area contributed by atoms with Crippen molar-refractivity contribution in [2.75, 3.05) is 5.32 Å². The highest BCUT2D eigenvalue weighted by Gasteiger charge is 2.23. The molecule has 3 aromatic rings. The van der Waals surface area contributed by atoms with Crippen LogP contribution >= 0.6 is 0 Å².